The zero-order valence-corrected chi connectivity index (χ0v) is 21.1. The molecule has 0 radical (unpaired) electrons. The zero-order valence-electron chi connectivity index (χ0n) is 20.3. The predicted octanol–water partition coefficient (Wildman–Crippen LogP) is 4.34. The monoisotopic (exact) mass is 525 g/mol. The number of nitrogens with one attached hydrogen (secondary N) is 2. The molecule has 4 aromatic rings. The highest BCUT2D eigenvalue weighted by Crippen LogP contribution is 2.45. The Balaban J connectivity index is 1.33. The molecule has 11 heteroatoms. The third kappa shape index (κ3) is 4.16. The maximum absolute atomic E-state index is 13.4. The smallest absolute Gasteiger partial charge is 0.331 e. The predicted molar refractivity (Wildman–Crippen MR) is 146 cm³/mol. The van der Waals surface area contributed by atoms with Crippen molar-refractivity contribution in [2.75, 3.05) is 23.3 Å². The van der Waals surface area contributed by atoms with Gasteiger partial charge in [-0.15, -0.1) is 11.3 Å². The van der Waals surface area contributed by atoms with Gasteiger partial charge in [0.1, 0.15) is 9.71 Å². The summed E-state index contributed by atoms with van der Waals surface area (Å²) in [5.41, 5.74) is 3.22. The summed E-state index contributed by atoms with van der Waals surface area (Å²) in [7, 11) is 0. The molecule has 1 fully saturated rings. The summed E-state index contributed by atoms with van der Waals surface area (Å²) < 4.78 is 0. The summed E-state index contributed by atoms with van der Waals surface area (Å²) in [6.07, 6.45) is 9.53. The van der Waals surface area contributed by atoms with Gasteiger partial charge in [0, 0.05) is 49.5 Å². The van der Waals surface area contributed by atoms with Crippen LogP contribution in [0, 0.1) is 0 Å². The van der Waals surface area contributed by atoms with Crippen molar-refractivity contribution in [1.82, 2.24) is 25.2 Å². The number of amides is 4. The van der Waals surface area contributed by atoms with Crippen LogP contribution in [-0.4, -0.2) is 56.8 Å². The molecule has 4 aromatic heterocycles. The Morgan fingerprint density at radius 2 is 2.05 bits per heavy atom. The molecule has 10 nitrogen and oxygen atoms in total. The fraction of sp³-hybridized carbons (Fsp3) is 0.185. The van der Waals surface area contributed by atoms with E-state index in [1.54, 1.807) is 46.7 Å². The molecule has 2 aliphatic rings. The highest BCUT2D eigenvalue weighted by molar-refractivity contribution is 7.21. The minimum atomic E-state index is -0.388. The summed E-state index contributed by atoms with van der Waals surface area (Å²) in [5.74, 6) is -0.451. The van der Waals surface area contributed by atoms with Crippen LogP contribution in [-0.2, 0) is 4.79 Å². The topological polar surface area (TPSA) is 120 Å². The van der Waals surface area contributed by atoms with Gasteiger partial charge in [0.05, 0.1) is 28.1 Å². The van der Waals surface area contributed by atoms with E-state index in [4.69, 9.17) is 0 Å². The molecular weight excluding hydrogens is 502 g/mol. The number of piperidine rings is 1. The van der Waals surface area contributed by atoms with Crippen LogP contribution in [0.1, 0.15) is 22.5 Å². The lowest BCUT2D eigenvalue weighted by Gasteiger charge is -2.32. The molecule has 6 rings (SSSR count). The van der Waals surface area contributed by atoms with Crippen LogP contribution in [0.25, 0.3) is 21.5 Å². The molecule has 1 saturated heterocycles. The standard InChI is InChI=1S/C27H23N7O3S/c1-2-21(35)33-12-4-6-17(15-33)31-25(36)24-23-22-20(8-11-30-26(22)38-24)34(27(37)32-23)18-7-10-29-19(13-18)16-5-3-9-28-14-16/h2-3,5,7-11,13-14,17H,1,4,6,12,15H2,(H,31,36)(H,32,37). The number of carbonyl (C=O) groups is 3. The number of pyridine rings is 3. The first-order chi connectivity index (χ1) is 18.5. The van der Waals surface area contributed by atoms with Crippen molar-refractivity contribution in [2.24, 2.45) is 0 Å². The van der Waals surface area contributed by atoms with Gasteiger partial charge in [-0.2, -0.15) is 0 Å². The van der Waals surface area contributed by atoms with Crippen LogP contribution in [0.2, 0.25) is 0 Å². The number of carbonyl (C=O) groups excluding carboxylic acids is 3. The fourth-order valence-electron chi connectivity index (χ4n) is 4.91. The summed E-state index contributed by atoms with van der Waals surface area (Å²) in [6.45, 7) is 4.61. The second-order valence-electron chi connectivity index (χ2n) is 9.02. The summed E-state index contributed by atoms with van der Waals surface area (Å²) in [5, 5.41) is 6.67. The number of nitrogens with zero attached hydrogens (tertiary/aromatic N) is 5. The van der Waals surface area contributed by atoms with E-state index in [1.807, 2.05) is 18.2 Å². The van der Waals surface area contributed by atoms with Gasteiger partial charge < -0.3 is 15.5 Å². The summed E-state index contributed by atoms with van der Waals surface area (Å²) in [6, 6.07) is 8.51. The van der Waals surface area contributed by atoms with Crippen LogP contribution in [0.5, 0.6) is 0 Å². The molecule has 1 atom stereocenters. The number of anilines is 3. The van der Waals surface area contributed by atoms with E-state index in [9.17, 15) is 14.4 Å². The third-order valence-corrected chi connectivity index (χ3v) is 7.75. The van der Waals surface area contributed by atoms with Gasteiger partial charge in [0.2, 0.25) is 5.91 Å². The van der Waals surface area contributed by atoms with Crippen LogP contribution in [0.15, 0.2) is 67.8 Å². The van der Waals surface area contributed by atoms with Crippen LogP contribution < -0.4 is 15.5 Å². The van der Waals surface area contributed by atoms with E-state index in [1.165, 1.54) is 17.4 Å². The molecule has 0 aliphatic carbocycles. The molecule has 4 amide bonds. The van der Waals surface area contributed by atoms with Crippen molar-refractivity contribution < 1.29 is 14.4 Å². The highest BCUT2D eigenvalue weighted by atomic mass is 32.1. The van der Waals surface area contributed by atoms with E-state index >= 15 is 0 Å². The molecule has 2 N–H and O–H groups in total. The van der Waals surface area contributed by atoms with Crippen LogP contribution in [0.4, 0.5) is 21.9 Å². The van der Waals surface area contributed by atoms with Crippen molar-refractivity contribution in [3.63, 3.8) is 0 Å². The van der Waals surface area contributed by atoms with Crippen molar-refractivity contribution >= 4 is 56.5 Å². The first-order valence-corrected chi connectivity index (χ1v) is 13.0. The van der Waals surface area contributed by atoms with Gasteiger partial charge in [-0.25, -0.2) is 9.78 Å². The minimum Gasteiger partial charge on any atom is -0.347 e. The zero-order chi connectivity index (χ0) is 26.2. The number of likely N-dealkylation sites (tertiary alicyclic amines) is 1. The van der Waals surface area contributed by atoms with E-state index in [0.29, 0.717) is 50.9 Å². The number of hydrogen-bond acceptors (Lipinski definition) is 7. The number of aromatic nitrogens is 3. The summed E-state index contributed by atoms with van der Waals surface area (Å²) in [4.78, 5) is 56.2. The van der Waals surface area contributed by atoms with Crippen LogP contribution >= 0.6 is 11.3 Å². The van der Waals surface area contributed by atoms with E-state index in [-0.39, 0.29) is 23.9 Å². The average molecular weight is 526 g/mol. The Hall–Kier alpha value is -4.64. The van der Waals surface area contributed by atoms with Crippen LogP contribution in [0.3, 0.4) is 0 Å². The van der Waals surface area contributed by atoms with Gasteiger partial charge in [0.15, 0.2) is 0 Å². The lowest BCUT2D eigenvalue weighted by atomic mass is 10.1. The van der Waals surface area contributed by atoms with E-state index < -0.39 is 0 Å². The Labute approximate surface area is 222 Å². The molecule has 38 heavy (non-hydrogen) atoms. The number of thiophene rings is 1. The molecule has 1 unspecified atom stereocenters. The molecule has 6 heterocycles. The molecule has 2 aliphatic heterocycles. The van der Waals surface area contributed by atoms with Gasteiger partial charge in [-0.3, -0.25) is 24.5 Å². The van der Waals surface area contributed by atoms with Gasteiger partial charge in [-0.1, -0.05) is 6.58 Å². The summed E-state index contributed by atoms with van der Waals surface area (Å²) >= 11 is 1.23. The number of rotatable bonds is 5. The first-order valence-electron chi connectivity index (χ1n) is 12.1. The Kier molecular flexibility index (Phi) is 6.04. The lowest BCUT2D eigenvalue weighted by Crippen LogP contribution is -2.49. The number of urea groups is 1. The van der Waals surface area contributed by atoms with Crippen molar-refractivity contribution in [3.8, 4) is 11.3 Å². The maximum atomic E-state index is 13.4. The van der Waals surface area contributed by atoms with E-state index in [2.05, 4.69) is 32.2 Å². The number of hydrogen-bond donors (Lipinski definition) is 2. The first kappa shape index (κ1) is 23.7. The highest BCUT2D eigenvalue weighted by Gasteiger charge is 2.34. The fourth-order valence-corrected chi connectivity index (χ4v) is 5.93. The second-order valence-corrected chi connectivity index (χ2v) is 10.0. The SMILES string of the molecule is C=CC(=O)N1CCCC(NC(=O)c2sc3nccc4c3c2NC(=O)N4c2ccnc(-c3cccnc3)c2)C1. The van der Waals surface area contributed by atoms with Gasteiger partial charge in [-0.05, 0) is 49.2 Å². The Bertz CT molecular complexity index is 1590. The Morgan fingerprint density at radius 1 is 1.18 bits per heavy atom. The maximum Gasteiger partial charge on any atom is 0.331 e. The van der Waals surface area contributed by atoms with Crippen molar-refractivity contribution in [2.45, 2.75) is 18.9 Å². The average Bonchev–Trinajstić information content (AvgIpc) is 3.33. The lowest BCUT2D eigenvalue weighted by molar-refractivity contribution is -0.127. The van der Waals surface area contributed by atoms with Crippen molar-refractivity contribution in [3.05, 3.63) is 72.7 Å². The second kappa shape index (κ2) is 9.67. The third-order valence-electron chi connectivity index (χ3n) is 6.65. The van der Waals surface area contributed by atoms with Crippen molar-refractivity contribution in [1.29, 1.82) is 0 Å². The Morgan fingerprint density at radius 3 is 2.87 bits per heavy atom. The van der Waals surface area contributed by atoms with Gasteiger partial charge in [0.25, 0.3) is 5.91 Å². The minimum absolute atomic E-state index is 0.148. The molecular formula is C27H23N7O3S. The molecule has 0 aromatic carbocycles. The largest absolute Gasteiger partial charge is 0.347 e. The normalized spacial score (nSPS) is 16.7. The quantitative estimate of drug-likeness (QED) is 0.374. The molecule has 0 spiro atoms. The molecule has 0 bridgehead atoms. The van der Waals surface area contributed by atoms with E-state index in [0.717, 1.165) is 18.4 Å². The van der Waals surface area contributed by atoms with Gasteiger partial charge >= 0.3 is 6.03 Å². The molecule has 0 saturated carbocycles. The molecule has 190 valence electrons.